The smallest absolute Gasteiger partial charge is 0.223 e. The Kier molecular flexibility index (Phi) is 6.65. The van der Waals surface area contributed by atoms with E-state index in [1.807, 2.05) is 43.3 Å². The molecule has 0 bridgehead atoms. The van der Waals surface area contributed by atoms with Gasteiger partial charge in [0.2, 0.25) is 11.8 Å². The average Bonchev–Trinajstić information content (AvgIpc) is 2.68. The van der Waals surface area contributed by atoms with Crippen LogP contribution < -0.4 is 20.1 Å². The van der Waals surface area contributed by atoms with E-state index in [1.165, 1.54) is 0 Å². The number of benzene rings is 1. The number of pyridine rings is 1. The van der Waals surface area contributed by atoms with Gasteiger partial charge in [0.1, 0.15) is 11.5 Å². The minimum atomic E-state index is 0.0858. The number of rotatable bonds is 7. The lowest BCUT2D eigenvalue weighted by Crippen LogP contribution is -2.42. The van der Waals surface area contributed by atoms with Gasteiger partial charge in [0, 0.05) is 30.8 Å². The van der Waals surface area contributed by atoms with Gasteiger partial charge in [-0.15, -0.1) is 0 Å². The molecule has 3 rings (SSSR count). The number of aromatic nitrogens is 1. The monoisotopic (exact) mass is 369 g/mol. The molecular weight excluding hydrogens is 342 g/mol. The van der Waals surface area contributed by atoms with Crippen molar-refractivity contribution in [3.05, 3.63) is 48.2 Å². The van der Waals surface area contributed by atoms with E-state index in [1.54, 1.807) is 6.20 Å². The molecule has 0 spiro atoms. The third kappa shape index (κ3) is 5.69. The molecule has 1 aliphatic rings. The fourth-order valence-electron chi connectivity index (χ4n) is 3.21. The Bertz CT molecular complexity index is 749. The van der Waals surface area contributed by atoms with E-state index < -0.39 is 0 Å². The largest absolute Gasteiger partial charge is 0.494 e. The summed E-state index contributed by atoms with van der Waals surface area (Å²) in [6.45, 7) is 6.07. The molecule has 6 nitrogen and oxygen atoms in total. The Hall–Kier alpha value is -2.60. The predicted molar refractivity (Wildman–Crippen MR) is 104 cm³/mol. The number of hydrogen-bond acceptors (Lipinski definition) is 5. The summed E-state index contributed by atoms with van der Waals surface area (Å²) >= 11 is 0. The van der Waals surface area contributed by atoms with E-state index in [0.29, 0.717) is 30.8 Å². The normalized spacial score (nSPS) is 19.3. The zero-order valence-electron chi connectivity index (χ0n) is 15.9. The lowest BCUT2D eigenvalue weighted by Gasteiger charge is -2.27. The minimum absolute atomic E-state index is 0.0858. The van der Waals surface area contributed by atoms with Gasteiger partial charge in [-0.05, 0) is 69.1 Å². The highest BCUT2D eigenvalue weighted by Gasteiger charge is 2.24. The first-order valence-corrected chi connectivity index (χ1v) is 9.50. The predicted octanol–water partition coefficient (Wildman–Crippen LogP) is 3.28. The van der Waals surface area contributed by atoms with Crippen LogP contribution in [0.1, 0.15) is 32.3 Å². The first-order valence-electron chi connectivity index (χ1n) is 9.50. The van der Waals surface area contributed by atoms with Crippen molar-refractivity contribution in [3.8, 4) is 17.4 Å². The average molecular weight is 369 g/mol. The molecule has 0 saturated carbocycles. The van der Waals surface area contributed by atoms with Crippen molar-refractivity contribution in [2.75, 3.05) is 13.2 Å². The van der Waals surface area contributed by atoms with Crippen molar-refractivity contribution < 1.29 is 14.3 Å². The van der Waals surface area contributed by atoms with E-state index in [0.717, 1.165) is 30.7 Å². The summed E-state index contributed by atoms with van der Waals surface area (Å²) in [7, 11) is 0. The zero-order chi connectivity index (χ0) is 19.1. The highest BCUT2D eigenvalue weighted by atomic mass is 16.5. The van der Waals surface area contributed by atoms with Crippen molar-refractivity contribution in [3.63, 3.8) is 0 Å². The standard InChI is InChI=1S/C21H27N3O3/c1-3-26-18-4-6-19(7-5-18)27-20-13-16(8-10-23-20)14-24-21(25)17-9-11-22-15(2)12-17/h4-8,10,13,15,17,22H,3,9,11-12,14H2,1-2H3,(H,24,25)/t15-,17-/m0/s1. The molecule has 0 unspecified atom stereocenters. The lowest BCUT2D eigenvalue weighted by molar-refractivity contribution is -0.126. The van der Waals surface area contributed by atoms with Crippen LogP contribution >= 0.6 is 0 Å². The number of hydrogen-bond donors (Lipinski definition) is 2. The molecule has 0 aliphatic carbocycles. The quantitative estimate of drug-likeness (QED) is 0.784. The van der Waals surface area contributed by atoms with Crippen molar-refractivity contribution in [1.29, 1.82) is 0 Å². The number of carbonyl (C=O) groups is 1. The van der Waals surface area contributed by atoms with Crippen molar-refractivity contribution in [2.24, 2.45) is 5.92 Å². The van der Waals surface area contributed by atoms with Crippen LogP contribution in [0.25, 0.3) is 0 Å². The van der Waals surface area contributed by atoms with Crippen molar-refractivity contribution in [1.82, 2.24) is 15.6 Å². The number of piperidine rings is 1. The van der Waals surface area contributed by atoms with Crippen LogP contribution in [0.5, 0.6) is 17.4 Å². The fourth-order valence-corrected chi connectivity index (χ4v) is 3.21. The molecule has 2 heterocycles. The third-order valence-corrected chi connectivity index (χ3v) is 4.62. The second-order valence-electron chi connectivity index (χ2n) is 6.80. The summed E-state index contributed by atoms with van der Waals surface area (Å²) in [5, 5.41) is 6.40. The second kappa shape index (κ2) is 9.37. The van der Waals surface area contributed by atoms with Gasteiger partial charge in [-0.25, -0.2) is 4.98 Å². The van der Waals surface area contributed by atoms with E-state index in [2.05, 4.69) is 22.5 Å². The van der Waals surface area contributed by atoms with Crippen LogP contribution in [0.15, 0.2) is 42.6 Å². The molecule has 144 valence electrons. The maximum Gasteiger partial charge on any atom is 0.223 e. The van der Waals surface area contributed by atoms with Crippen molar-refractivity contribution >= 4 is 5.91 Å². The fraction of sp³-hybridized carbons (Fsp3) is 0.429. The Morgan fingerprint density at radius 3 is 2.78 bits per heavy atom. The molecular formula is C21H27N3O3. The first kappa shape index (κ1) is 19.2. The molecule has 1 saturated heterocycles. The lowest BCUT2D eigenvalue weighted by atomic mass is 9.92. The summed E-state index contributed by atoms with van der Waals surface area (Å²) < 4.78 is 11.2. The van der Waals surface area contributed by atoms with E-state index in [4.69, 9.17) is 9.47 Å². The molecule has 1 amide bonds. The van der Waals surface area contributed by atoms with Crippen LogP contribution in [0, 0.1) is 5.92 Å². The zero-order valence-corrected chi connectivity index (χ0v) is 15.9. The molecule has 27 heavy (non-hydrogen) atoms. The molecule has 2 N–H and O–H groups in total. The van der Waals surface area contributed by atoms with Crippen LogP contribution in [0.3, 0.4) is 0 Å². The van der Waals surface area contributed by atoms with Gasteiger partial charge in [0.15, 0.2) is 0 Å². The van der Waals surface area contributed by atoms with Gasteiger partial charge < -0.3 is 20.1 Å². The van der Waals surface area contributed by atoms with Gasteiger partial charge in [-0.3, -0.25) is 4.79 Å². The number of ether oxygens (including phenoxy) is 2. The Balaban J connectivity index is 1.54. The summed E-state index contributed by atoms with van der Waals surface area (Å²) in [5.74, 6) is 2.20. The summed E-state index contributed by atoms with van der Waals surface area (Å²) in [6, 6.07) is 11.5. The minimum Gasteiger partial charge on any atom is -0.494 e. The Morgan fingerprint density at radius 1 is 1.26 bits per heavy atom. The van der Waals surface area contributed by atoms with Crippen LogP contribution in [0.4, 0.5) is 0 Å². The maximum absolute atomic E-state index is 12.4. The van der Waals surface area contributed by atoms with E-state index in [9.17, 15) is 4.79 Å². The molecule has 6 heteroatoms. The van der Waals surface area contributed by atoms with Gasteiger partial charge in [0.25, 0.3) is 0 Å². The molecule has 0 radical (unpaired) electrons. The molecule has 2 aromatic rings. The molecule has 1 aliphatic heterocycles. The maximum atomic E-state index is 12.4. The van der Waals surface area contributed by atoms with Crippen LogP contribution in [-0.4, -0.2) is 30.1 Å². The van der Waals surface area contributed by atoms with Crippen LogP contribution in [0.2, 0.25) is 0 Å². The van der Waals surface area contributed by atoms with Gasteiger partial charge in [0.05, 0.1) is 6.61 Å². The topological polar surface area (TPSA) is 72.5 Å². The van der Waals surface area contributed by atoms with E-state index in [-0.39, 0.29) is 11.8 Å². The molecule has 1 fully saturated rings. The Labute approximate surface area is 160 Å². The van der Waals surface area contributed by atoms with Gasteiger partial charge >= 0.3 is 0 Å². The highest BCUT2D eigenvalue weighted by Crippen LogP contribution is 2.23. The summed E-state index contributed by atoms with van der Waals surface area (Å²) in [4.78, 5) is 16.6. The molecule has 2 atom stereocenters. The Morgan fingerprint density at radius 2 is 2.04 bits per heavy atom. The van der Waals surface area contributed by atoms with E-state index >= 15 is 0 Å². The number of carbonyl (C=O) groups excluding carboxylic acids is 1. The molecule has 1 aromatic carbocycles. The van der Waals surface area contributed by atoms with Gasteiger partial charge in [-0.2, -0.15) is 0 Å². The summed E-state index contributed by atoms with van der Waals surface area (Å²) in [5.41, 5.74) is 0.960. The number of amides is 1. The molecule has 1 aromatic heterocycles. The number of nitrogens with one attached hydrogen (secondary N) is 2. The van der Waals surface area contributed by atoms with Crippen LogP contribution in [-0.2, 0) is 11.3 Å². The summed E-state index contributed by atoms with van der Waals surface area (Å²) in [6.07, 6.45) is 3.46. The first-order chi connectivity index (χ1) is 13.1. The highest BCUT2D eigenvalue weighted by molar-refractivity contribution is 5.78. The SMILES string of the molecule is CCOc1ccc(Oc2cc(CNC(=O)[C@H]3CCN[C@@H](C)C3)ccn2)cc1. The van der Waals surface area contributed by atoms with Crippen molar-refractivity contribution in [2.45, 2.75) is 39.3 Å². The second-order valence-corrected chi connectivity index (χ2v) is 6.80. The number of nitrogens with zero attached hydrogens (tertiary/aromatic N) is 1. The third-order valence-electron chi connectivity index (χ3n) is 4.62. The van der Waals surface area contributed by atoms with Gasteiger partial charge in [-0.1, -0.05) is 0 Å².